The lowest BCUT2D eigenvalue weighted by Gasteiger charge is -2.14. The molecule has 1 unspecified atom stereocenters. The molecule has 5 nitrogen and oxygen atoms in total. The number of aromatic nitrogens is 3. The Bertz CT molecular complexity index is 935. The molecular formula is C19H19Cl2N3O2S. The van der Waals surface area contributed by atoms with Gasteiger partial charge in [-0.05, 0) is 43.5 Å². The van der Waals surface area contributed by atoms with E-state index in [1.54, 1.807) is 18.0 Å². The number of aryl methyl sites for hydroxylation is 1. The van der Waals surface area contributed by atoms with Gasteiger partial charge in [-0.1, -0.05) is 41.0 Å². The fourth-order valence-electron chi connectivity index (χ4n) is 3.15. The number of thioether (sulfide) groups is 1. The highest BCUT2D eigenvalue weighted by atomic mass is 35.5. The highest BCUT2D eigenvalue weighted by Gasteiger charge is 2.23. The summed E-state index contributed by atoms with van der Waals surface area (Å²) < 4.78 is 13.4. The van der Waals surface area contributed by atoms with Crippen LogP contribution in [0.3, 0.4) is 0 Å². The van der Waals surface area contributed by atoms with E-state index in [2.05, 4.69) is 14.8 Å². The van der Waals surface area contributed by atoms with Crippen molar-refractivity contribution in [2.45, 2.75) is 43.3 Å². The van der Waals surface area contributed by atoms with Crippen LogP contribution in [0.15, 0.2) is 40.1 Å². The Hall–Kier alpha value is -1.47. The van der Waals surface area contributed by atoms with E-state index in [4.69, 9.17) is 32.4 Å². The molecule has 142 valence electrons. The van der Waals surface area contributed by atoms with Crippen molar-refractivity contribution in [1.82, 2.24) is 14.8 Å². The number of nitrogens with zero attached hydrogens (tertiary/aromatic N) is 3. The van der Waals surface area contributed by atoms with Crippen molar-refractivity contribution in [2.75, 3.05) is 6.61 Å². The van der Waals surface area contributed by atoms with Crippen LogP contribution >= 0.6 is 35.0 Å². The summed E-state index contributed by atoms with van der Waals surface area (Å²) in [6.07, 6.45) is 4.02. The van der Waals surface area contributed by atoms with Crippen molar-refractivity contribution in [3.05, 3.63) is 51.9 Å². The number of hydrogen-bond donors (Lipinski definition) is 0. The second-order valence-corrected chi connectivity index (χ2v) is 8.24. The van der Waals surface area contributed by atoms with Crippen LogP contribution in [-0.4, -0.2) is 27.5 Å². The largest absolute Gasteiger partial charge is 0.469 e. The van der Waals surface area contributed by atoms with E-state index in [0.29, 0.717) is 10.0 Å². The quantitative estimate of drug-likeness (QED) is 0.481. The first kappa shape index (κ1) is 18.9. The van der Waals surface area contributed by atoms with Crippen molar-refractivity contribution in [3.63, 3.8) is 0 Å². The molecule has 1 fully saturated rings. The third-order valence-electron chi connectivity index (χ3n) is 4.58. The van der Waals surface area contributed by atoms with Crippen molar-refractivity contribution in [2.24, 2.45) is 0 Å². The zero-order chi connectivity index (χ0) is 18.8. The minimum atomic E-state index is 0.191. The molecule has 0 saturated carbocycles. The second-order valence-electron chi connectivity index (χ2n) is 6.48. The predicted molar refractivity (Wildman–Crippen MR) is 107 cm³/mol. The summed E-state index contributed by atoms with van der Waals surface area (Å²) in [5, 5.41) is 10.8. The van der Waals surface area contributed by atoms with Crippen molar-refractivity contribution in [3.8, 4) is 11.4 Å². The summed E-state index contributed by atoms with van der Waals surface area (Å²) in [5.41, 5.74) is 2.05. The Balaban J connectivity index is 1.60. The van der Waals surface area contributed by atoms with Crippen LogP contribution in [-0.2, 0) is 17.0 Å². The number of benzene rings is 1. The summed E-state index contributed by atoms with van der Waals surface area (Å²) in [7, 11) is 0. The van der Waals surface area contributed by atoms with Gasteiger partial charge in [0.15, 0.2) is 11.0 Å². The number of rotatable bonds is 6. The van der Waals surface area contributed by atoms with Gasteiger partial charge in [0.05, 0.1) is 34.5 Å². The lowest BCUT2D eigenvalue weighted by atomic mass is 10.2. The standard InChI is InChI=1S/C19H19Cl2N3O2S/c1-12-15(6-8-25-12)18-22-23-19(24(18)10-14-3-2-7-26-14)27-11-13-4-5-16(20)17(21)9-13/h4-6,8-9,14H,2-3,7,10-11H2,1H3. The van der Waals surface area contributed by atoms with Crippen molar-refractivity contribution >= 4 is 35.0 Å². The van der Waals surface area contributed by atoms with Crippen LogP contribution < -0.4 is 0 Å². The SMILES string of the molecule is Cc1occc1-c1nnc(SCc2ccc(Cl)c(Cl)c2)n1CC1CCCO1. The van der Waals surface area contributed by atoms with Gasteiger partial charge in [-0.3, -0.25) is 4.57 Å². The summed E-state index contributed by atoms with van der Waals surface area (Å²) in [6.45, 7) is 3.48. The van der Waals surface area contributed by atoms with Crippen LogP contribution in [0.5, 0.6) is 0 Å². The molecule has 0 amide bonds. The predicted octanol–water partition coefficient (Wildman–Crippen LogP) is 5.62. The normalized spacial score (nSPS) is 16.9. The fraction of sp³-hybridized carbons (Fsp3) is 0.368. The molecule has 0 bridgehead atoms. The molecule has 1 atom stereocenters. The summed E-state index contributed by atoms with van der Waals surface area (Å²) >= 11 is 13.8. The van der Waals surface area contributed by atoms with Gasteiger partial charge in [0.2, 0.25) is 0 Å². The van der Waals surface area contributed by atoms with Crippen LogP contribution in [0.2, 0.25) is 10.0 Å². The summed E-state index contributed by atoms with van der Waals surface area (Å²) in [4.78, 5) is 0. The summed E-state index contributed by atoms with van der Waals surface area (Å²) in [6, 6.07) is 7.61. The number of halogens is 2. The van der Waals surface area contributed by atoms with E-state index in [0.717, 1.165) is 59.6 Å². The van der Waals surface area contributed by atoms with Crippen LogP contribution in [0, 0.1) is 6.92 Å². The maximum atomic E-state index is 6.13. The van der Waals surface area contributed by atoms with Gasteiger partial charge in [0.25, 0.3) is 0 Å². The Labute approximate surface area is 172 Å². The molecule has 1 aliphatic rings. The van der Waals surface area contributed by atoms with Gasteiger partial charge >= 0.3 is 0 Å². The molecule has 0 radical (unpaired) electrons. The Kier molecular flexibility index (Phi) is 5.78. The first-order valence-corrected chi connectivity index (χ1v) is 10.5. The Morgan fingerprint density at radius 2 is 2.11 bits per heavy atom. The van der Waals surface area contributed by atoms with Gasteiger partial charge < -0.3 is 9.15 Å². The van der Waals surface area contributed by atoms with Gasteiger partial charge in [-0.15, -0.1) is 10.2 Å². The molecule has 1 aliphatic heterocycles. The monoisotopic (exact) mass is 423 g/mol. The molecule has 3 heterocycles. The molecule has 3 aromatic rings. The molecule has 8 heteroatoms. The molecule has 4 rings (SSSR count). The molecule has 27 heavy (non-hydrogen) atoms. The number of ether oxygens (including phenoxy) is 1. The molecule has 0 spiro atoms. The smallest absolute Gasteiger partial charge is 0.191 e. The van der Waals surface area contributed by atoms with Gasteiger partial charge in [0, 0.05) is 12.4 Å². The minimum absolute atomic E-state index is 0.191. The van der Waals surface area contributed by atoms with E-state index in [1.807, 2.05) is 31.2 Å². The van der Waals surface area contributed by atoms with Gasteiger partial charge in [0.1, 0.15) is 5.76 Å². The lowest BCUT2D eigenvalue weighted by molar-refractivity contribution is 0.0953. The first-order valence-electron chi connectivity index (χ1n) is 8.78. The highest BCUT2D eigenvalue weighted by Crippen LogP contribution is 2.31. The Morgan fingerprint density at radius 1 is 1.22 bits per heavy atom. The zero-order valence-corrected chi connectivity index (χ0v) is 17.2. The maximum Gasteiger partial charge on any atom is 0.191 e. The number of furan rings is 1. The van der Waals surface area contributed by atoms with Gasteiger partial charge in [-0.2, -0.15) is 0 Å². The number of hydrogen-bond acceptors (Lipinski definition) is 5. The minimum Gasteiger partial charge on any atom is -0.469 e. The molecule has 1 aromatic carbocycles. The van der Waals surface area contributed by atoms with E-state index in [1.165, 1.54) is 0 Å². The molecular weight excluding hydrogens is 405 g/mol. The molecule has 2 aromatic heterocycles. The molecule has 1 saturated heterocycles. The lowest BCUT2D eigenvalue weighted by Crippen LogP contribution is -2.16. The first-order chi connectivity index (χ1) is 13.1. The Morgan fingerprint density at radius 3 is 2.81 bits per heavy atom. The second kappa shape index (κ2) is 8.27. The van der Waals surface area contributed by atoms with Crippen LogP contribution in [0.1, 0.15) is 24.2 Å². The third kappa shape index (κ3) is 4.19. The molecule has 0 aliphatic carbocycles. The fourth-order valence-corrected chi connectivity index (χ4v) is 4.36. The van der Waals surface area contributed by atoms with Crippen LogP contribution in [0.4, 0.5) is 0 Å². The van der Waals surface area contributed by atoms with E-state index in [-0.39, 0.29) is 6.10 Å². The van der Waals surface area contributed by atoms with Crippen molar-refractivity contribution in [1.29, 1.82) is 0 Å². The van der Waals surface area contributed by atoms with Crippen LogP contribution in [0.25, 0.3) is 11.4 Å². The topological polar surface area (TPSA) is 53.1 Å². The third-order valence-corrected chi connectivity index (χ3v) is 6.36. The molecule has 0 N–H and O–H groups in total. The maximum absolute atomic E-state index is 6.13. The van der Waals surface area contributed by atoms with Crippen molar-refractivity contribution < 1.29 is 9.15 Å². The average molecular weight is 424 g/mol. The summed E-state index contributed by atoms with van der Waals surface area (Å²) in [5.74, 6) is 2.37. The van der Waals surface area contributed by atoms with E-state index >= 15 is 0 Å². The van der Waals surface area contributed by atoms with E-state index in [9.17, 15) is 0 Å². The zero-order valence-electron chi connectivity index (χ0n) is 14.8. The van der Waals surface area contributed by atoms with E-state index < -0.39 is 0 Å². The highest BCUT2D eigenvalue weighted by molar-refractivity contribution is 7.98. The average Bonchev–Trinajstić information content (AvgIpc) is 3.39. The van der Waals surface area contributed by atoms with Gasteiger partial charge in [-0.25, -0.2) is 0 Å².